The minimum absolute atomic E-state index is 0.110. The molecule has 1 radical (unpaired) electrons. The van der Waals surface area contributed by atoms with Crippen LogP contribution in [0.15, 0.2) is 23.8 Å². The van der Waals surface area contributed by atoms with Crippen molar-refractivity contribution >= 4 is 0 Å². The second kappa shape index (κ2) is 2.26. The molecule has 0 saturated carbocycles. The van der Waals surface area contributed by atoms with Crippen LogP contribution in [-0.2, 0) is 0 Å². The van der Waals surface area contributed by atoms with Crippen LogP contribution in [0.25, 0.3) is 0 Å². The number of hydrogen-bond donors (Lipinski definition) is 0. The molecule has 0 N–H and O–H groups in total. The molecule has 0 heterocycles. The molecule has 0 bridgehead atoms. The largest absolute Gasteiger partial charge is 0.0806 e. The van der Waals surface area contributed by atoms with Crippen LogP contribution in [-0.4, -0.2) is 0 Å². The van der Waals surface area contributed by atoms with Crippen molar-refractivity contribution in [2.75, 3.05) is 0 Å². The van der Waals surface area contributed by atoms with E-state index in [0.29, 0.717) is 5.92 Å². The average molecular weight is 135 g/mol. The van der Waals surface area contributed by atoms with Gasteiger partial charge in [-0.15, -0.1) is 0 Å². The van der Waals surface area contributed by atoms with Gasteiger partial charge in [0.05, 0.1) is 0 Å². The summed E-state index contributed by atoms with van der Waals surface area (Å²) in [6.07, 6.45) is 6.62. The Labute approximate surface area is 63.6 Å². The molecule has 0 aromatic carbocycles. The van der Waals surface area contributed by atoms with Gasteiger partial charge in [0.1, 0.15) is 0 Å². The Morgan fingerprint density at radius 1 is 1.60 bits per heavy atom. The minimum Gasteiger partial charge on any atom is -0.0806 e. The van der Waals surface area contributed by atoms with Gasteiger partial charge in [0.25, 0.3) is 0 Å². The maximum atomic E-state index is 4.13. The van der Waals surface area contributed by atoms with Crippen LogP contribution in [0.5, 0.6) is 0 Å². The van der Waals surface area contributed by atoms with E-state index in [1.807, 2.05) is 0 Å². The van der Waals surface area contributed by atoms with Gasteiger partial charge in [-0.1, -0.05) is 37.6 Å². The van der Waals surface area contributed by atoms with Crippen molar-refractivity contribution in [3.05, 3.63) is 30.7 Å². The highest BCUT2D eigenvalue weighted by atomic mass is 14.3. The molecular weight excluding hydrogens is 120 g/mol. The van der Waals surface area contributed by atoms with E-state index in [4.69, 9.17) is 0 Å². The highest BCUT2D eigenvalue weighted by Crippen LogP contribution is 2.33. The lowest BCUT2D eigenvalue weighted by atomic mass is 9.76. The number of allylic oxidation sites excluding steroid dienone is 4. The molecule has 2 unspecified atom stereocenters. The predicted molar refractivity (Wildman–Crippen MR) is 45.5 cm³/mol. The summed E-state index contributed by atoms with van der Waals surface area (Å²) in [4.78, 5) is 0. The third-order valence-corrected chi connectivity index (χ3v) is 2.25. The van der Waals surface area contributed by atoms with Crippen molar-refractivity contribution in [2.45, 2.75) is 20.8 Å². The number of rotatable bonds is 0. The van der Waals surface area contributed by atoms with E-state index in [9.17, 15) is 0 Å². The first-order valence-electron chi connectivity index (χ1n) is 3.75. The zero-order chi connectivity index (χ0) is 7.78. The van der Waals surface area contributed by atoms with E-state index in [-0.39, 0.29) is 5.41 Å². The molecule has 1 rings (SSSR count). The van der Waals surface area contributed by atoms with Gasteiger partial charge < -0.3 is 0 Å². The topological polar surface area (TPSA) is 0 Å². The third-order valence-electron chi connectivity index (χ3n) is 2.25. The minimum atomic E-state index is 0.110. The summed E-state index contributed by atoms with van der Waals surface area (Å²) in [6.45, 7) is 10.6. The smallest absolute Gasteiger partial charge is 0.00803 e. The van der Waals surface area contributed by atoms with E-state index in [1.165, 1.54) is 5.57 Å². The highest BCUT2D eigenvalue weighted by Gasteiger charge is 2.23. The Morgan fingerprint density at radius 3 is 2.60 bits per heavy atom. The molecular formula is C10H15. The third kappa shape index (κ3) is 1.31. The van der Waals surface area contributed by atoms with Gasteiger partial charge in [-0.3, -0.25) is 0 Å². The molecule has 1 aliphatic rings. The molecule has 0 heteroatoms. The fraction of sp³-hybridized carbons (Fsp3) is 0.500. The van der Waals surface area contributed by atoms with Crippen LogP contribution in [0.2, 0.25) is 0 Å². The summed E-state index contributed by atoms with van der Waals surface area (Å²) in [5.41, 5.74) is 1.44. The maximum Gasteiger partial charge on any atom is -0.00803 e. The standard InChI is InChI=1S/C10H15/c1-8-5-6-9(2)10(3,4)7-8/h5-7,9H,3H2,1-2,4H3. The molecule has 0 aromatic heterocycles. The van der Waals surface area contributed by atoms with Gasteiger partial charge in [0.15, 0.2) is 0 Å². The molecule has 0 fully saturated rings. The first kappa shape index (κ1) is 7.59. The SMILES string of the molecule is [CH2]C1(C)C=C(C)C=CC1C. The first-order valence-corrected chi connectivity index (χ1v) is 3.75. The van der Waals surface area contributed by atoms with Crippen molar-refractivity contribution in [1.82, 2.24) is 0 Å². The van der Waals surface area contributed by atoms with Crippen molar-refractivity contribution in [1.29, 1.82) is 0 Å². The van der Waals surface area contributed by atoms with Crippen LogP contribution in [0.4, 0.5) is 0 Å². The Hall–Kier alpha value is -0.520. The summed E-state index contributed by atoms with van der Waals surface area (Å²) in [5, 5.41) is 0. The monoisotopic (exact) mass is 135 g/mol. The molecule has 0 spiro atoms. The van der Waals surface area contributed by atoms with Crippen LogP contribution in [0.3, 0.4) is 0 Å². The van der Waals surface area contributed by atoms with Gasteiger partial charge in [0.2, 0.25) is 0 Å². The van der Waals surface area contributed by atoms with E-state index in [0.717, 1.165) is 0 Å². The maximum absolute atomic E-state index is 4.13. The van der Waals surface area contributed by atoms with Crippen molar-refractivity contribution < 1.29 is 0 Å². The summed E-state index contributed by atoms with van der Waals surface area (Å²) in [6, 6.07) is 0. The quantitative estimate of drug-likeness (QED) is 0.479. The molecule has 0 nitrogen and oxygen atoms in total. The second-order valence-corrected chi connectivity index (χ2v) is 3.54. The first-order chi connectivity index (χ1) is 4.52. The zero-order valence-electron chi connectivity index (χ0n) is 7.02. The molecule has 2 atom stereocenters. The lowest BCUT2D eigenvalue weighted by Crippen LogP contribution is -2.19. The molecule has 0 aliphatic heterocycles. The molecule has 55 valence electrons. The van der Waals surface area contributed by atoms with Gasteiger partial charge in [-0.2, -0.15) is 0 Å². The molecule has 10 heavy (non-hydrogen) atoms. The molecule has 0 amide bonds. The number of hydrogen-bond acceptors (Lipinski definition) is 0. The van der Waals surface area contributed by atoms with Crippen LogP contribution >= 0.6 is 0 Å². The van der Waals surface area contributed by atoms with Gasteiger partial charge in [-0.25, -0.2) is 0 Å². The van der Waals surface area contributed by atoms with Crippen LogP contribution in [0, 0.1) is 18.3 Å². The van der Waals surface area contributed by atoms with Crippen molar-refractivity contribution in [3.63, 3.8) is 0 Å². The highest BCUT2D eigenvalue weighted by molar-refractivity contribution is 5.27. The van der Waals surface area contributed by atoms with E-state index >= 15 is 0 Å². The summed E-state index contributed by atoms with van der Waals surface area (Å²) < 4.78 is 0. The lowest BCUT2D eigenvalue weighted by molar-refractivity contribution is 0.411. The normalized spacial score (nSPS) is 30.0. The predicted octanol–water partition coefficient (Wildman–Crippen LogP) is 2.98. The molecule has 0 saturated heterocycles. The Morgan fingerprint density at radius 2 is 2.20 bits per heavy atom. The summed E-state index contributed by atoms with van der Waals surface area (Å²) in [5.74, 6) is 0.566. The fourth-order valence-corrected chi connectivity index (χ4v) is 1.22. The Bertz CT molecular complexity index is 182. The Kier molecular flexibility index (Phi) is 1.72. The van der Waals surface area contributed by atoms with E-state index < -0.39 is 0 Å². The van der Waals surface area contributed by atoms with Crippen molar-refractivity contribution in [3.8, 4) is 0 Å². The van der Waals surface area contributed by atoms with E-state index in [2.05, 4.69) is 45.9 Å². The van der Waals surface area contributed by atoms with Crippen LogP contribution < -0.4 is 0 Å². The summed E-state index contributed by atoms with van der Waals surface area (Å²) in [7, 11) is 0. The zero-order valence-corrected chi connectivity index (χ0v) is 7.02. The van der Waals surface area contributed by atoms with Crippen LogP contribution in [0.1, 0.15) is 20.8 Å². The second-order valence-electron chi connectivity index (χ2n) is 3.54. The van der Waals surface area contributed by atoms with Gasteiger partial charge in [0, 0.05) is 0 Å². The van der Waals surface area contributed by atoms with Crippen molar-refractivity contribution in [2.24, 2.45) is 11.3 Å². The summed E-state index contributed by atoms with van der Waals surface area (Å²) >= 11 is 0. The Balaban J connectivity index is 2.88. The molecule has 1 aliphatic carbocycles. The lowest BCUT2D eigenvalue weighted by Gasteiger charge is -2.29. The van der Waals surface area contributed by atoms with Gasteiger partial charge in [-0.05, 0) is 25.2 Å². The average Bonchev–Trinajstić information content (AvgIpc) is 1.78. The van der Waals surface area contributed by atoms with Gasteiger partial charge >= 0.3 is 0 Å². The van der Waals surface area contributed by atoms with E-state index in [1.54, 1.807) is 0 Å². The fourth-order valence-electron chi connectivity index (χ4n) is 1.22. The molecule has 0 aromatic rings.